The fourth-order valence-electron chi connectivity index (χ4n) is 2.27. The molecule has 0 bridgehead atoms. The molecule has 1 saturated heterocycles. The molecule has 92 valence electrons. The van der Waals surface area contributed by atoms with E-state index in [4.69, 9.17) is 5.11 Å². The third kappa shape index (κ3) is 3.81. The molecule has 5 heteroatoms. The number of carboxylic acids is 1. The van der Waals surface area contributed by atoms with Crippen LogP contribution in [0, 0.1) is 5.92 Å². The van der Waals surface area contributed by atoms with E-state index in [1.54, 1.807) is 0 Å². The van der Waals surface area contributed by atoms with Gasteiger partial charge in [0.2, 0.25) is 5.91 Å². The van der Waals surface area contributed by atoms with Crippen molar-refractivity contribution in [3.8, 4) is 0 Å². The SMILES string of the molecule is CCC1CC(C)CN1CC(=O)NCC(=O)O. The number of carboxylic acid groups (broad SMARTS) is 1. The molecule has 16 heavy (non-hydrogen) atoms. The lowest BCUT2D eigenvalue weighted by Gasteiger charge is -2.22. The number of rotatable bonds is 5. The third-order valence-corrected chi connectivity index (χ3v) is 2.99. The fraction of sp³-hybridized carbons (Fsp3) is 0.818. The lowest BCUT2D eigenvalue weighted by molar-refractivity contribution is -0.138. The lowest BCUT2D eigenvalue weighted by Crippen LogP contribution is -2.41. The van der Waals surface area contributed by atoms with Gasteiger partial charge in [0.15, 0.2) is 0 Å². The molecule has 0 aromatic heterocycles. The Kier molecular flexibility index (Phi) is 4.73. The second-order valence-corrected chi connectivity index (χ2v) is 4.50. The maximum atomic E-state index is 11.5. The van der Waals surface area contributed by atoms with Crippen LogP contribution in [-0.2, 0) is 9.59 Å². The standard InChI is InChI=1S/C11H20N2O3/c1-3-9-4-8(2)6-13(9)7-10(14)12-5-11(15)16/h8-9H,3-7H2,1-2H3,(H,12,14)(H,15,16). The van der Waals surface area contributed by atoms with Crippen molar-refractivity contribution < 1.29 is 14.7 Å². The molecular formula is C11H20N2O3. The second kappa shape index (κ2) is 5.84. The van der Waals surface area contributed by atoms with Crippen LogP contribution in [0.3, 0.4) is 0 Å². The van der Waals surface area contributed by atoms with Crippen molar-refractivity contribution in [1.29, 1.82) is 0 Å². The summed E-state index contributed by atoms with van der Waals surface area (Å²) in [5.74, 6) is -0.581. The summed E-state index contributed by atoms with van der Waals surface area (Å²) in [6.45, 7) is 5.25. The van der Waals surface area contributed by atoms with Crippen molar-refractivity contribution in [2.24, 2.45) is 5.92 Å². The second-order valence-electron chi connectivity index (χ2n) is 4.50. The number of likely N-dealkylation sites (tertiary alicyclic amines) is 1. The Balaban J connectivity index is 2.35. The molecule has 1 aliphatic rings. The van der Waals surface area contributed by atoms with Gasteiger partial charge in [-0.2, -0.15) is 0 Å². The van der Waals surface area contributed by atoms with Gasteiger partial charge >= 0.3 is 5.97 Å². The van der Waals surface area contributed by atoms with Crippen LogP contribution < -0.4 is 5.32 Å². The molecule has 2 N–H and O–H groups in total. The highest BCUT2D eigenvalue weighted by Gasteiger charge is 2.29. The molecule has 1 amide bonds. The number of nitrogens with zero attached hydrogens (tertiary/aromatic N) is 1. The smallest absolute Gasteiger partial charge is 0.322 e. The Bertz CT molecular complexity index is 268. The average molecular weight is 228 g/mol. The number of hydrogen-bond donors (Lipinski definition) is 2. The average Bonchev–Trinajstić information content (AvgIpc) is 2.55. The van der Waals surface area contributed by atoms with Gasteiger partial charge in [-0.1, -0.05) is 13.8 Å². The van der Waals surface area contributed by atoms with Gasteiger partial charge in [-0.3, -0.25) is 14.5 Å². The van der Waals surface area contributed by atoms with Crippen LogP contribution in [0.2, 0.25) is 0 Å². The number of nitrogens with one attached hydrogen (secondary N) is 1. The molecule has 0 radical (unpaired) electrons. The zero-order valence-electron chi connectivity index (χ0n) is 9.90. The van der Waals surface area contributed by atoms with Crippen LogP contribution >= 0.6 is 0 Å². The highest BCUT2D eigenvalue weighted by atomic mass is 16.4. The quantitative estimate of drug-likeness (QED) is 0.710. The van der Waals surface area contributed by atoms with E-state index in [-0.39, 0.29) is 12.5 Å². The van der Waals surface area contributed by atoms with Crippen molar-refractivity contribution in [3.05, 3.63) is 0 Å². The van der Waals surface area contributed by atoms with E-state index in [0.717, 1.165) is 19.4 Å². The first kappa shape index (κ1) is 13.0. The van der Waals surface area contributed by atoms with Gasteiger partial charge in [-0.05, 0) is 18.8 Å². The number of amides is 1. The normalized spacial score (nSPS) is 25.6. The summed E-state index contributed by atoms with van der Waals surface area (Å²) in [6, 6.07) is 0.463. The van der Waals surface area contributed by atoms with E-state index in [2.05, 4.69) is 24.1 Å². The minimum absolute atomic E-state index is 0.199. The van der Waals surface area contributed by atoms with Gasteiger partial charge < -0.3 is 10.4 Å². The summed E-state index contributed by atoms with van der Waals surface area (Å²) >= 11 is 0. The summed E-state index contributed by atoms with van der Waals surface area (Å²) in [6.07, 6.45) is 2.17. The van der Waals surface area contributed by atoms with Crippen molar-refractivity contribution in [2.45, 2.75) is 32.7 Å². The molecule has 1 fully saturated rings. The van der Waals surface area contributed by atoms with E-state index >= 15 is 0 Å². The van der Waals surface area contributed by atoms with Crippen LogP contribution in [0.15, 0.2) is 0 Å². The van der Waals surface area contributed by atoms with Crippen LogP contribution in [0.4, 0.5) is 0 Å². The number of carbonyl (C=O) groups excluding carboxylic acids is 1. The maximum Gasteiger partial charge on any atom is 0.322 e. The summed E-state index contributed by atoms with van der Waals surface area (Å²) in [4.78, 5) is 23.9. The van der Waals surface area contributed by atoms with Gasteiger partial charge in [0.05, 0.1) is 6.54 Å². The van der Waals surface area contributed by atoms with E-state index in [1.165, 1.54) is 0 Å². The Morgan fingerprint density at radius 2 is 2.19 bits per heavy atom. The Hall–Kier alpha value is -1.10. The molecular weight excluding hydrogens is 208 g/mol. The molecule has 0 aliphatic carbocycles. The monoisotopic (exact) mass is 228 g/mol. The van der Waals surface area contributed by atoms with Crippen molar-refractivity contribution in [1.82, 2.24) is 10.2 Å². The largest absolute Gasteiger partial charge is 0.480 e. The molecule has 2 unspecified atom stereocenters. The number of aliphatic carboxylic acids is 1. The Labute approximate surface area is 95.8 Å². The highest BCUT2D eigenvalue weighted by Crippen LogP contribution is 2.24. The first-order valence-electron chi connectivity index (χ1n) is 5.75. The van der Waals surface area contributed by atoms with Crippen LogP contribution in [0.1, 0.15) is 26.7 Å². The van der Waals surface area contributed by atoms with E-state index < -0.39 is 5.97 Å². The highest BCUT2D eigenvalue weighted by molar-refractivity contribution is 5.82. The minimum Gasteiger partial charge on any atom is -0.480 e. The molecule has 1 rings (SSSR count). The first-order valence-corrected chi connectivity index (χ1v) is 5.75. The summed E-state index contributed by atoms with van der Waals surface area (Å²) in [5, 5.41) is 10.8. The minimum atomic E-state index is -1.00. The summed E-state index contributed by atoms with van der Waals surface area (Å²) in [5.41, 5.74) is 0. The van der Waals surface area contributed by atoms with Gasteiger partial charge in [-0.25, -0.2) is 0 Å². The van der Waals surface area contributed by atoms with E-state index in [1.807, 2.05) is 0 Å². The molecule has 0 aromatic carbocycles. The third-order valence-electron chi connectivity index (χ3n) is 2.99. The molecule has 0 spiro atoms. The topological polar surface area (TPSA) is 69.6 Å². The van der Waals surface area contributed by atoms with Gasteiger partial charge in [-0.15, -0.1) is 0 Å². The van der Waals surface area contributed by atoms with Gasteiger partial charge in [0.1, 0.15) is 6.54 Å². The molecule has 2 atom stereocenters. The molecule has 0 saturated carbocycles. The summed E-state index contributed by atoms with van der Waals surface area (Å²) < 4.78 is 0. The molecule has 5 nitrogen and oxygen atoms in total. The predicted octanol–water partition coefficient (Wildman–Crippen LogP) is 0.308. The van der Waals surface area contributed by atoms with Gasteiger partial charge in [0.25, 0.3) is 0 Å². The maximum absolute atomic E-state index is 11.5. The lowest BCUT2D eigenvalue weighted by atomic mass is 10.1. The van der Waals surface area contributed by atoms with Crippen LogP contribution in [-0.4, -0.2) is 47.6 Å². The van der Waals surface area contributed by atoms with Crippen molar-refractivity contribution in [3.63, 3.8) is 0 Å². The summed E-state index contributed by atoms with van der Waals surface area (Å²) in [7, 11) is 0. The Morgan fingerprint density at radius 3 is 2.75 bits per heavy atom. The number of carbonyl (C=O) groups is 2. The molecule has 1 aliphatic heterocycles. The van der Waals surface area contributed by atoms with Crippen molar-refractivity contribution in [2.75, 3.05) is 19.6 Å². The van der Waals surface area contributed by atoms with Crippen LogP contribution in [0.5, 0.6) is 0 Å². The molecule has 0 aromatic rings. The van der Waals surface area contributed by atoms with E-state index in [9.17, 15) is 9.59 Å². The zero-order chi connectivity index (χ0) is 12.1. The van der Waals surface area contributed by atoms with Crippen LogP contribution in [0.25, 0.3) is 0 Å². The number of hydrogen-bond acceptors (Lipinski definition) is 3. The Morgan fingerprint density at radius 1 is 1.50 bits per heavy atom. The fourth-order valence-corrected chi connectivity index (χ4v) is 2.27. The molecule has 1 heterocycles. The van der Waals surface area contributed by atoms with Crippen molar-refractivity contribution >= 4 is 11.9 Å². The van der Waals surface area contributed by atoms with Gasteiger partial charge in [0, 0.05) is 12.6 Å². The predicted molar refractivity (Wildman–Crippen MR) is 60.1 cm³/mol. The first-order chi connectivity index (χ1) is 7.52. The zero-order valence-corrected chi connectivity index (χ0v) is 9.90. The van der Waals surface area contributed by atoms with E-state index in [0.29, 0.717) is 18.5 Å².